The van der Waals surface area contributed by atoms with E-state index in [1.54, 1.807) is 0 Å². The van der Waals surface area contributed by atoms with Gasteiger partial charge in [0.2, 0.25) is 0 Å². The third kappa shape index (κ3) is 4.22. The lowest BCUT2D eigenvalue weighted by molar-refractivity contribution is 0.122. The Labute approximate surface area is 149 Å². The molecule has 1 heterocycles. The van der Waals surface area contributed by atoms with Crippen molar-refractivity contribution in [2.75, 3.05) is 36.5 Å². The lowest BCUT2D eigenvalue weighted by Crippen LogP contribution is -2.36. The van der Waals surface area contributed by atoms with Crippen molar-refractivity contribution >= 4 is 23.0 Å². The Hall–Kier alpha value is -1.71. The van der Waals surface area contributed by atoms with Crippen molar-refractivity contribution in [3.63, 3.8) is 0 Å². The normalized spacial score (nSPS) is 14.9. The predicted molar refractivity (Wildman–Crippen MR) is 102 cm³/mol. The molecule has 0 atom stereocenters. The van der Waals surface area contributed by atoms with Gasteiger partial charge in [-0.1, -0.05) is 49.7 Å². The Morgan fingerprint density at radius 3 is 2.42 bits per heavy atom. The van der Waals surface area contributed by atoms with E-state index in [0.29, 0.717) is 5.92 Å². The first-order valence-corrected chi connectivity index (χ1v) is 8.96. The summed E-state index contributed by atoms with van der Waals surface area (Å²) in [5.74, 6) is 0.568. The summed E-state index contributed by atoms with van der Waals surface area (Å²) in [7, 11) is 0. The third-order valence-electron chi connectivity index (χ3n) is 4.44. The zero-order valence-corrected chi connectivity index (χ0v) is 15.1. The summed E-state index contributed by atoms with van der Waals surface area (Å²) >= 11 is 6.48. The van der Waals surface area contributed by atoms with Gasteiger partial charge in [-0.05, 0) is 35.2 Å². The predicted octanol–water partition coefficient (Wildman–Crippen LogP) is 4.91. The van der Waals surface area contributed by atoms with E-state index in [-0.39, 0.29) is 0 Å². The fraction of sp³-hybridized carbons (Fsp3) is 0.400. The van der Waals surface area contributed by atoms with Crippen molar-refractivity contribution in [3.8, 4) is 0 Å². The standard InChI is InChI=1S/C20H25ClN2O/c1-15(2)17-5-3-16(4-6-17)14-22-18-7-8-20(19(21)13-18)23-9-11-24-12-10-23/h3-8,13,15,22H,9-12,14H2,1-2H3. The number of nitrogens with zero attached hydrogens (tertiary/aromatic N) is 1. The second kappa shape index (κ2) is 7.91. The van der Waals surface area contributed by atoms with Crippen LogP contribution in [-0.4, -0.2) is 26.3 Å². The van der Waals surface area contributed by atoms with Crippen LogP contribution in [0.3, 0.4) is 0 Å². The van der Waals surface area contributed by atoms with E-state index in [1.165, 1.54) is 11.1 Å². The van der Waals surface area contributed by atoms with Crippen molar-refractivity contribution in [1.82, 2.24) is 0 Å². The van der Waals surface area contributed by atoms with Crippen LogP contribution in [0.15, 0.2) is 42.5 Å². The van der Waals surface area contributed by atoms with Gasteiger partial charge in [0, 0.05) is 25.3 Å². The number of rotatable bonds is 5. The van der Waals surface area contributed by atoms with E-state index in [9.17, 15) is 0 Å². The van der Waals surface area contributed by atoms with Gasteiger partial charge in [-0.25, -0.2) is 0 Å². The van der Waals surface area contributed by atoms with E-state index in [1.807, 2.05) is 6.07 Å². The van der Waals surface area contributed by atoms with E-state index >= 15 is 0 Å². The number of nitrogens with one attached hydrogen (secondary N) is 1. The smallest absolute Gasteiger partial charge is 0.0660 e. The molecule has 0 radical (unpaired) electrons. The first-order chi connectivity index (χ1) is 11.6. The highest BCUT2D eigenvalue weighted by atomic mass is 35.5. The molecule has 1 saturated heterocycles. The van der Waals surface area contributed by atoms with Gasteiger partial charge in [0.1, 0.15) is 0 Å². The summed E-state index contributed by atoms with van der Waals surface area (Å²) in [6.07, 6.45) is 0. The molecule has 0 bridgehead atoms. The maximum absolute atomic E-state index is 6.48. The topological polar surface area (TPSA) is 24.5 Å². The van der Waals surface area contributed by atoms with Gasteiger partial charge in [-0.3, -0.25) is 0 Å². The molecule has 3 rings (SSSR count). The molecule has 0 spiro atoms. The van der Waals surface area contributed by atoms with Crippen molar-refractivity contribution in [2.24, 2.45) is 0 Å². The SMILES string of the molecule is CC(C)c1ccc(CNc2ccc(N3CCOCC3)c(Cl)c2)cc1. The highest BCUT2D eigenvalue weighted by Gasteiger charge is 2.14. The van der Waals surface area contributed by atoms with Crippen molar-refractivity contribution < 1.29 is 4.74 Å². The van der Waals surface area contributed by atoms with Crippen LogP contribution in [0.5, 0.6) is 0 Å². The zero-order chi connectivity index (χ0) is 16.9. The minimum atomic E-state index is 0.568. The van der Waals surface area contributed by atoms with Crippen LogP contribution in [0.25, 0.3) is 0 Å². The summed E-state index contributed by atoms with van der Waals surface area (Å²) in [4.78, 5) is 2.28. The van der Waals surface area contributed by atoms with Gasteiger partial charge in [-0.2, -0.15) is 0 Å². The van der Waals surface area contributed by atoms with Crippen LogP contribution in [0, 0.1) is 0 Å². The Kier molecular flexibility index (Phi) is 5.64. The molecule has 1 fully saturated rings. The van der Waals surface area contributed by atoms with Crippen LogP contribution >= 0.6 is 11.6 Å². The summed E-state index contributed by atoms with van der Waals surface area (Å²) < 4.78 is 5.40. The van der Waals surface area contributed by atoms with Gasteiger partial charge in [0.15, 0.2) is 0 Å². The molecular formula is C20H25ClN2O. The number of hydrogen-bond donors (Lipinski definition) is 1. The number of benzene rings is 2. The number of anilines is 2. The van der Waals surface area contributed by atoms with Gasteiger partial charge >= 0.3 is 0 Å². The lowest BCUT2D eigenvalue weighted by Gasteiger charge is -2.29. The highest BCUT2D eigenvalue weighted by Crippen LogP contribution is 2.29. The molecule has 0 saturated carbocycles. The molecule has 128 valence electrons. The molecule has 0 amide bonds. The fourth-order valence-electron chi connectivity index (χ4n) is 2.90. The number of halogens is 1. The largest absolute Gasteiger partial charge is 0.381 e. The van der Waals surface area contributed by atoms with Crippen molar-refractivity contribution in [2.45, 2.75) is 26.3 Å². The molecule has 4 heteroatoms. The summed E-state index contributed by atoms with van der Waals surface area (Å²) in [5, 5.41) is 4.24. The Bertz CT molecular complexity index is 664. The number of morpholine rings is 1. The average molecular weight is 345 g/mol. The molecule has 1 N–H and O–H groups in total. The molecule has 2 aromatic rings. The van der Waals surface area contributed by atoms with Crippen LogP contribution in [0.4, 0.5) is 11.4 Å². The van der Waals surface area contributed by atoms with Gasteiger partial charge in [-0.15, -0.1) is 0 Å². The number of hydrogen-bond acceptors (Lipinski definition) is 3. The molecule has 2 aromatic carbocycles. The van der Waals surface area contributed by atoms with E-state index in [0.717, 1.165) is 49.2 Å². The third-order valence-corrected chi connectivity index (χ3v) is 4.75. The molecular weight excluding hydrogens is 320 g/mol. The summed E-state index contributed by atoms with van der Waals surface area (Å²) in [6.45, 7) is 8.55. The van der Waals surface area contributed by atoms with E-state index < -0.39 is 0 Å². The number of ether oxygens (including phenoxy) is 1. The Morgan fingerprint density at radius 1 is 1.08 bits per heavy atom. The van der Waals surface area contributed by atoms with Crippen LogP contribution in [0.1, 0.15) is 30.9 Å². The second-order valence-electron chi connectivity index (χ2n) is 6.52. The molecule has 24 heavy (non-hydrogen) atoms. The molecule has 0 aliphatic carbocycles. The highest BCUT2D eigenvalue weighted by molar-refractivity contribution is 6.33. The quantitative estimate of drug-likeness (QED) is 0.833. The lowest BCUT2D eigenvalue weighted by atomic mass is 10.0. The molecule has 0 unspecified atom stereocenters. The molecule has 1 aliphatic rings. The minimum absolute atomic E-state index is 0.568. The Balaban J connectivity index is 1.62. The van der Waals surface area contributed by atoms with Gasteiger partial charge in [0.25, 0.3) is 0 Å². The molecule has 3 nitrogen and oxygen atoms in total. The maximum atomic E-state index is 6.48. The van der Waals surface area contributed by atoms with Crippen LogP contribution in [0.2, 0.25) is 5.02 Å². The van der Waals surface area contributed by atoms with Crippen molar-refractivity contribution in [3.05, 3.63) is 58.6 Å². The van der Waals surface area contributed by atoms with Gasteiger partial charge < -0.3 is 15.0 Å². The van der Waals surface area contributed by atoms with E-state index in [4.69, 9.17) is 16.3 Å². The first-order valence-electron chi connectivity index (χ1n) is 8.58. The monoisotopic (exact) mass is 344 g/mol. The van der Waals surface area contributed by atoms with Crippen LogP contribution < -0.4 is 10.2 Å². The molecule has 1 aliphatic heterocycles. The maximum Gasteiger partial charge on any atom is 0.0660 e. The fourth-order valence-corrected chi connectivity index (χ4v) is 3.20. The Morgan fingerprint density at radius 2 is 1.79 bits per heavy atom. The van der Waals surface area contributed by atoms with Crippen LogP contribution in [-0.2, 0) is 11.3 Å². The first kappa shape index (κ1) is 17.1. The second-order valence-corrected chi connectivity index (χ2v) is 6.92. The van der Waals surface area contributed by atoms with Gasteiger partial charge in [0.05, 0.1) is 23.9 Å². The average Bonchev–Trinajstić information content (AvgIpc) is 2.61. The minimum Gasteiger partial charge on any atom is -0.381 e. The molecule has 0 aromatic heterocycles. The summed E-state index contributed by atoms with van der Waals surface area (Å²) in [5.41, 5.74) is 4.78. The zero-order valence-electron chi connectivity index (χ0n) is 14.4. The van der Waals surface area contributed by atoms with E-state index in [2.05, 4.69) is 60.5 Å². The summed E-state index contributed by atoms with van der Waals surface area (Å²) in [6, 6.07) is 15.0. The van der Waals surface area contributed by atoms with Crippen molar-refractivity contribution in [1.29, 1.82) is 0 Å².